The van der Waals surface area contributed by atoms with Crippen molar-refractivity contribution in [3.8, 4) is 0 Å². The van der Waals surface area contributed by atoms with E-state index < -0.39 is 0 Å². The number of benzene rings is 2. The van der Waals surface area contributed by atoms with E-state index in [0.29, 0.717) is 16.3 Å². The first-order chi connectivity index (χ1) is 9.16. The lowest BCUT2D eigenvalue weighted by Gasteiger charge is -2.06. The monoisotopic (exact) mass is 271 g/mol. The predicted octanol–water partition coefficient (Wildman–Crippen LogP) is 2.96. The molecule has 0 atom stereocenters. The largest absolute Gasteiger partial charge is 0.399 e. The molecule has 0 aliphatic carbocycles. The number of halogens is 1. The first kappa shape index (κ1) is 11.7. The van der Waals surface area contributed by atoms with Gasteiger partial charge in [0, 0.05) is 5.69 Å². The molecule has 2 aromatic carbocycles. The quantitative estimate of drug-likeness (QED) is 0.692. The number of hydrogen-bond acceptors (Lipinski definition) is 3. The second kappa shape index (κ2) is 4.40. The van der Waals surface area contributed by atoms with E-state index in [4.69, 9.17) is 17.3 Å². The van der Waals surface area contributed by atoms with E-state index in [1.165, 1.54) is 10.9 Å². The molecule has 0 aliphatic rings. The molecule has 0 aliphatic heterocycles. The van der Waals surface area contributed by atoms with E-state index in [9.17, 15) is 4.79 Å². The minimum Gasteiger partial charge on any atom is -0.399 e. The average Bonchev–Trinajstić information content (AvgIpc) is 2.84. The van der Waals surface area contributed by atoms with Crippen molar-refractivity contribution in [3.05, 3.63) is 59.4 Å². The van der Waals surface area contributed by atoms with Crippen LogP contribution in [-0.2, 0) is 0 Å². The fourth-order valence-corrected chi connectivity index (χ4v) is 2.16. The van der Waals surface area contributed by atoms with Gasteiger partial charge in [-0.15, -0.1) is 0 Å². The van der Waals surface area contributed by atoms with Crippen LogP contribution in [0.15, 0.2) is 48.8 Å². The molecule has 5 heteroatoms. The second-order valence-corrected chi connectivity index (χ2v) is 4.55. The number of nitrogens with two attached hydrogens (primary N) is 1. The summed E-state index contributed by atoms with van der Waals surface area (Å²) in [7, 11) is 0. The number of rotatable bonds is 1. The van der Waals surface area contributed by atoms with Gasteiger partial charge in [-0.3, -0.25) is 9.36 Å². The molecule has 0 saturated carbocycles. The number of para-hydroxylation sites is 2. The third-order valence-corrected chi connectivity index (χ3v) is 3.22. The van der Waals surface area contributed by atoms with E-state index in [2.05, 4.69) is 4.98 Å². The van der Waals surface area contributed by atoms with Crippen molar-refractivity contribution in [2.75, 3.05) is 5.73 Å². The fraction of sp³-hybridized carbons (Fsp3) is 0. The molecule has 19 heavy (non-hydrogen) atoms. The van der Waals surface area contributed by atoms with Crippen LogP contribution < -0.4 is 5.73 Å². The van der Waals surface area contributed by atoms with E-state index in [0.717, 1.165) is 11.0 Å². The number of aromatic nitrogens is 2. The molecule has 1 aromatic heterocycles. The molecule has 0 unspecified atom stereocenters. The van der Waals surface area contributed by atoms with Gasteiger partial charge in [-0.25, -0.2) is 4.98 Å². The lowest BCUT2D eigenvalue weighted by molar-refractivity contribution is 0.0964. The number of carbonyl (C=O) groups excluding carboxylic acids is 1. The Morgan fingerprint density at radius 3 is 2.84 bits per heavy atom. The third kappa shape index (κ3) is 1.96. The van der Waals surface area contributed by atoms with Gasteiger partial charge in [0.15, 0.2) is 0 Å². The Morgan fingerprint density at radius 1 is 1.21 bits per heavy atom. The van der Waals surface area contributed by atoms with Gasteiger partial charge in [-0.1, -0.05) is 23.7 Å². The van der Waals surface area contributed by atoms with Gasteiger partial charge < -0.3 is 5.73 Å². The minimum atomic E-state index is -0.244. The van der Waals surface area contributed by atoms with Crippen molar-refractivity contribution in [1.29, 1.82) is 0 Å². The van der Waals surface area contributed by atoms with E-state index >= 15 is 0 Å². The summed E-state index contributed by atoms with van der Waals surface area (Å²) in [4.78, 5) is 16.7. The molecular formula is C14H10ClN3O. The zero-order valence-corrected chi connectivity index (χ0v) is 10.6. The molecule has 94 valence electrons. The van der Waals surface area contributed by atoms with Gasteiger partial charge in [0.1, 0.15) is 6.33 Å². The maximum Gasteiger partial charge on any atom is 0.265 e. The maximum atomic E-state index is 12.5. The summed E-state index contributed by atoms with van der Waals surface area (Å²) in [5, 5.41) is 0.372. The molecule has 3 rings (SSSR count). The summed E-state index contributed by atoms with van der Waals surface area (Å²) >= 11 is 6.05. The summed E-state index contributed by atoms with van der Waals surface area (Å²) < 4.78 is 1.47. The Hall–Kier alpha value is -2.33. The number of anilines is 1. The van der Waals surface area contributed by atoms with Crippen LogP contribution in [0.25, 0.3) is 11.0 Å². The average molecular weight is 272 g/mol. The third-order valence-electron chi connectivity index (χ3n) is 2.89. The highest BCUT2D eigenvalue weighted by Crippen LogP contribution is 2.22. The number of carbonyl (C=O) groups is 1. The highest BCUT2D eigenvalue weighted by atomic mass is 35.5. The summed E-state index contributed by atoms with van der Waals surface area (Å²) in [5.41, 5.74) is 8.06. The van der Waals surface area contributed by atoms with Crippen molar-refractivity contribution < 1.29 is 4.79 Å². The fourth-order valence-electron chi connectivity index (χ4n) is 1.96. The van der Waals surface area contributed by atoms with Gasteiger partial charge in [0.05, 0.1) is 21.6 Å². The van der Waals surface area contributed by atoms with Crippen LogP contribution in [0.1, 0.15) is 10.4 Å². The molecule has 0 spiro atoms. The van der Waals surface area contributed by atoms with Crippen molar-refractivity contribution in [2.45, 2.75) is 0 Å². The van der Waals surface area contributed by atoms with Crippen molar-refractivity contribution in [1.82, 2.24) is 9.55 Å². The summed E-state index contributed by atoms with van der Waals surface area (Å²) in [6.07, 6.45) is 1.49. The first-order valence-corrected chi connectivity index (χ1v) is 6.06. The van der Waals surface area contributed by atoms with Crippen LogP contribution in [0, 0.1) is 0 Å². The van der Waals surface area contributed by atoms with Gasteiger partial charge >= 0.3 is 0 Å². The van der Waals surface area contributed by atoms with E-state index in [1.54, 1.807) is 18.2 Å². The Kier molecular flexibility index (Phi) is 2.72. The molecule has 4 nitrogen and oxygen atoms in total. The highest BCUT2D eigenvalue weighted by molar-refractivity contribution is 6.34. The van der Waals surface area contributed by atoms with Gasteiger partial charge in [-0.2, -0.15) is 0 Å². The van der Waals surface area contributed by atoms with E-state index in [-0.39, 0.29) is 5.91 Å². The van der Waals surface area contributed by atoms with Crippen LogP contribution >= 0.6 is 11.6 Å². The van der Waals surface area contributed by atoms with Crippen molar-refractivity contribution in [3.63, 3.8) is 0 Å². The molecular weight excluding hydrogens is 262 g/mol. The van der Waals surface area contributed by atoms with Crippen LogP contribution in [-0.4, -0.2) is 15.5 Å². The summed E-state index contributed by atoms with van der Waals surface area (Å²) in [6.45, 7) is 0. The molecule has 0 radical (unpaired) electrons. The number of imidazole rings is 1. The molecule has 3 aromatic rings. The SMILES string of the molecule is Nc1ccc(Cl)c(C(=O)n2cnc3ccccc32)c1. The Morgan fingerprint density at radius 2 is 2.00 bits per heavy atom. The normalized spacial score (nSPS) is 10.8. The lowest BCUT2D eigenvalue weighted by atomic mass is 10.2. The zero-order valence-electron chi connectivity index (χ0n) is 9.88. The number of nitrogens with zero attached hydrogens (tertiary/aromatic N) is 2. The van der Waals surface area contributed by atoms with Crippen LogP contribution in [0.5, 0.6) is 0 Å². The van der Waals surface area contributed by atoms with Crippen molar-refractivity contribution in [2.24, 2.45) is 0 Å². The zero-order chi connectivity index (χ0) is 13.4. The molecule has 1 heterocycles. The second-order valence-electron chi connectivity index (χ2n) is 4.15. The molecule has 0 amide bonds. The summed E-state index contributed by atoms with van der Waals surface area (Å²) in [5.74, 6) is -0.244. The van der Waals surface area contributed by atoms with Crippen LogP contribution in [0.2, 0.25) is 5.02 Å². The number of hydrogen-bond donors (Lipinski definition) is 1. The number of nitrogen functional groups attached to an aromatic ring is 1. The highest BCUT2D eigenvalue weighted by Gasteiger charge is 2.15. The smallest absolute Gasteiger partial charge is 0.265 e. The molecule has 2 N–H and O–H groups in total. The Bertz CT molecular complexity index is 779. The standard InChI is InChI=1S/C14H10ClN3O/c15-11-6-5-9(16)7-10(11)14(19)18-8-17-12-3-1-2-4-13(12)18/h1-8H,16H2. The Labute approximate surface area is 114 Å². The van der Waals surface area contributed by atoms with Crippen LogP contribution in [0.4, 0.5) is 5.69 Å². The molecule has 0 saturated heterocycles. The molecule has 0 fully saturated rings. The summed E-state index contributed by atoms with van der Waals surface area (Å²) in [6, 6.07) is 12.3. The number of fused-ring (bicyclic) bond motifs is 1. The van der Waals surface area contributed by atoms with Crippen molar-refractivity contribution >= 4 is 34.2 Å². The Balaban J connectivity index is 2.16. The van der Waals surface area contributed by atoms with Crippen LogP contribution in [0.3, 0.4) is 0 Å². The predicted molar refractivity (Wildman–Crippen MR) is 75.3 cm³/mol. The molecule has 0 bridgehead atoms. The van der Waals surface area contributed by atoms with Gasteiger partial charge in [-0.05, 0) is 30.3 Å². The minimum absolute atomic E-state index is 0.244. The van der Waals surface area contributed by atoms with Gasteiger partial charge in [0.25, 0.3) is 5.91 Å². The topological polar surface area (TPSA) is 60.9 Å². The van der Waals surface area contributed by atoms with Gasteiger partial charge in [0.2, 0.25) is 0 Å². The lowest BCUT2D eigenvalue weighted by Crippen LogP contribution is -2.11. The first-order valence-electron chi connectivity index (χ1n) is 5.68. The van der Waals surface area contributed by atoms with E-state index in [1.807, 2.05) is 24.3 Å². The maximum absolute atomic E-state index is 12.5.